The van der Waals surface area contributed by atoms with Crippen molar-refractivity contribution in [2.75, 3.05) is 0 Å². The third kappa shape index (κ3) is 3.68. The van der Waals surface area contributed by atoms with Gasteiger partial charge in [0.05, 0.1) is 18.0 Å². The van der Waals surface area contributed by atoms with Crippen molar-refractivity contribution in [3.05, 3.63) is 65.1 Å². The van der Waals surface area contributed by atoms with Gasteiger partial charge in [-0.3, -0.25) is 4.79 Å². The third-order valence-electron chi connectivity index (χ3n) is 2.73. The maximum atomic E-state index is 11.8. The van der Waals surface area contributed by atoms with Crippen LogP contribution in [0.5, 0.6) is 0 Å². The zero-order valence-electron chi connectivity index (χ0n) is 11.5. The van der Waals surface area contributed by atoms with Crippen LogP contribution in [0.15, 0.2) is 57.8 Å². The minimum absolute atomic E-state index is 0.278. The maximum absolute atomic E-state index is 11.8. The lowest BCUT2D eigenvalue weighted by atomic mass is 10.1. The van der Waals surface area contributed by atoms with E-state index < -0.39 is 0 Å². The Hall–Kier alpha value is -2.62. The summed E-state index contributed by atoms with van der Waals surface area (Å²) < 4.78 is 5.07. The molecule has 0 atom stereocenters. The number of furan rings is 1. The molecule has 0 aliphatic rings. The highest BCUT2D eigenvalue weighted by Crippen LogP contribution is 2.08. The van der Waals surface area contributed by atoms with Gasteiger partial charge < -0.3 is 4.42 Å². The van der Waals surface area contributed by atoms with Crippen molar-refractivity contribution in [2.24, 2.45) is 5.10 Å². The zero-order valence-corrected chi connectivity index (χ0v) is 11.5. The van der Waals surface area contributed by atoms with Gasteiger partial charge in [-0.25, -0.2) is 5.43 Å². The lowest BCUT2D eigenvalue weighted by molar-refractivity contribution is 0.0953. The van der Waals surface area contributed by atoms with Crippen molar-refractivity contribution < 1.29 is 9.21 Å². The SMILES string of the molecule is CC(=C/c1ccccc1)/C=N/NC(=O)c1ccoc1C. The second-order valence-electron chi connectivity index (χ2n) is 4.39. The van der Waals surface area contributed by atoms with Crippen molar-refractivity contribution in [3.8, 4) is 0 Å². The Labute approximate surface area is 117 Å². The lowest BCUT2D eigenvalue weighted by Gasteiger charge is -1.98. The van der Waals surface area contributed by atoms with Crippen LogP contribution in [0.3, 0.4) is 0 Å². The fraction of sp³-hybridized carbons (Fsp3) is 0.125. The predicted octanol–water partition coefficient (Wildman–Crippen LogP) is 3.41. The maximum Gasteiger partial charge on any atom is 0.274 e. The van der Waals surface area contributed by atoms with Gasteiger partial charge in [0.25, 0.3) is 5.91 Å². The van der Waals surface area contributed by atoms with E-state index in [-0.39, 0.29) is 5.91 Å². The number of hydrogen-bond acceptors (Lipinski definition) is 3. The van der Waals surface area contributed by atoms with Crippen LogP contribution in [0, 0.1) is 6.92 Å². The van der Waals surface area contributed by atoms with E-state index in [2.05, 4.69) is 10.5 Å². The summed E-state index contributed by atoms with van der Waals surface area (Å²) in [6, 6.07) is 11.5. The van der Waals surface area contributed by atoms with Crippen LogP contribution in [-0.4, -0.2) is 12.1 Å². The summed E-state index contributed by atoms with van der Waals surface area (Å²) in [6.07, 6.45) is 5.08. The minimum atomic E-state index is -0.278. The smallest absolute Gasteiger partial charge is 0.274 e. The first-order chi connectivity index (χ1) is 9.66. The van der Waals surface area contributed by atoms with Crippen molar-refractivity contribution >= 4 is 18.2 Å². The Morgan fingerprint density at radius 2 is 2.00 bits per heavy atom. The molecule has 1 heterocycles. The van der Waals surface area contributed by atoms with E-state index in [0.29, 0.717) is 11.3 Å². The van der Waals surface area contributed by atoms with E-state index in [1.807, 2.05) is 43.3 Å². The molecule has 0 saturated heterocycles. The number of allylic oxidation sites excluding steroid dienone is 1. The Balaban J connectivity index is 1.95. The quantitative estimate of drug-likeness (QED) is 0.682. The van der Waals surface area contributed by atoms with Crippen LogP contribution in [0.1, 0.15) is 28.6 Å². The van der Waals surface area contributed by atoms with Gasteiger partial charge in [0.15, 0.2) is 0 Å². The average molecular weight is 268 g/mol. The van der Waals surface area contributed by atoms with Gasteiger partial charge in [0.1, 0.15) is 5.76 Å². The van der Waals surface area contributed by atoms with Crippen LogP contribution >= 0.6 is 0 Å². The average Bonchev–Trinajstić information content (AvgIpc) is 2.86. The molecule has 0 saturated carbocycles. The van der Waals surface area contributed by atoms with Crippen molar-refractivity contribution in [1.82, 2.24) is 5.43 Å². The Bertz CT molecular complexity index is 640. The standard InChI is InChI=1S/C16H16N2O2/c1-12(10-14-6-4-3-5-7-14)11-17-18-16(19)15-8-9-20-13(15)2/h3-11H,1-2H3,(H,18,19)/b12-10-,17-11+. The van der Waals surface area contributed by atoms with Crippen LogP contribution in [0.25, 0.3) is 6.08 Å². The zero-order chi connectivity index (χ0) is 14.4. The van der Waals surface area contributed by atoms with Crippen molar-refractivity contribution in [3.63, 3.8) is 0 Å². The lowest BCUT2D eigenvalue weighted by Crippen LogP contribution is -2.17. The molecule has 0 unspecified atom stereocenters. The summed E-state index contributed by atoms with van der Waals surface area (Å²) in [5.41, 5.74) is 5.00. The Morgan fingerprint density at radius 3 is 2.65 bits per heavy atom. The molecule has 2 aromatic rings. The molecule has 0 spiro atoms. The molecule has 1 aromatic heterocycles. The van der Waals surface area contributed by atoms with Gasteiger partial charge in [-0.05, 0) is 31.1 Å². The number of hydrogen-bond donors (Lipinski definition) is 1. The second kappa shape index (κ2) is 6.52. The number of amides is 1. The monoisotopic (exact) mass is 268 g/mol. The number of nitrogens with zero attached hydrogens (tertiary/aromatic N) is 1. The molecule has 4 nitrogen and oxygen atoms in total. The largest absolute Gasteiger partial charge is 0.469 e. The van der Waals surface area contributed by atoms with Gasteiger partial charge >= 0.3 is 0 Å². The number of hydrazone groups is 1. The van der Waals surface area contributed by atoms with E-state index in [4.69, 9.17) is 4.42 Å². The van der Waals surface area contributed by atoms with Crippen LogP contribution in [-0.2, 0) is 0 Å². The summed E-state index contributed by atoms with van der Waals surface area (Å²) in [4.78, 5) is 11.8. The highest BCUT2D eigenvalue weighted by atomic mass is 16.3. The number of nitrogens with one attached hydrogen (secondary N) is 1. The summed E-state index contributed by atoms with van der Waals surface area (Å²) in [5, 5.41) is 3.93. The van der Waals surface area contributed by atoms with E-state index in [1.54, 1.807) is 19.2 Å². The van der Waals surface area contributed by atoms with Crippen LogP contribution in [0.2, 0.25) is 0 Å². The van der Waals surface area contributed by atoms with Crippen molar-refractivity contribution in [1.29, 1.82) is 0 Å². The predicted molar refractivity (Wildman–Crippen MR) is 79.5 cm³/mol. The third-order valence-corrected chi connectivity index (χ3v) is 2.73. The number of benzene rings is 1. The first kappa shape index (κ1) is 13.8. The topological polar surface area (TPSA) is 54.6 Å². The molecular formula is C16H16N2O2. The van der Waals surface area contributed by atoms with E-state index in [9.17, 15) is 4.79 Å². The van der Waals surface area contributed by atoms with Gasteiger partial charge in [-0.2, -0.15) is 5.10 Å². The number of aryl methyl sites for hydroxylation is 1. The molecule has 1 amide bonds. The minimum Gasteiger partial charge on any atom is -0.469 e. The molecule has 0 fully saturated rings. The van der Waals surface area contributed by atoms with Crippen LogP contribution < -0.4 is 5.43 Å². The second-order valence-corrected chi connectivity index (χ2v) is 4.39. The molecule has 0 aliphatic carbocycles. The normalized spacial score (nSPS) is 11.8. The number of rotatable bonds is 4. The molecule has 4 heteroatoms. The molecule has 1 aromatic carbocycles. The van der Waals surface area contributed by atoms with Gasteiger partial charge in [0.2, 0.25) is 0 Å². The first-order valence-corrected chi connectivity index (χ1v) is 6.27. The van der Waals surface area contributed by atoms with Gasteiger partial charge in [-0.1, -0.05) is 36.4 Å². The summed E-state index contributed by atoms with van der Waals surface area (Å²) in [6.45, 7) is 3.66. The fourth-order valence-electron chi connectivity index (χ4n) is 1.72. The molecule has 1 N–H and O–H groups in total. The molecule has 0 bridgehead atoms. The molecule has 2 rings (SSSR count). The fourth-order valence-corrected chi connectivity index (χ4v) is 1.72. The van der Waals surface area contributed by atoms with E-state index in [1.165, 1.54) is 6.26 Å². The van der Waals surface area contributed by atoms with Crippen LogP contribution in [0.4, 0.5) is 0 Å². The van der Waals surface area contributed by atoms with E-state index in [0.717, 1.165) is 11.1 Å². The summed E-state index contributed by atoms with van der Waals surface area (Å²) in [5.74, 6) is 0.300. The molecular weight excluding hydrogens is 252 g/mol. The first-order valence-electron chi connectivity index (χ1n) is 6.27. The molecule has 0 radical (unpaired) electrons. The molecule has 20 heavy (non-hydrogen) atoms. The van der Waals surface area contributed by atoms with Gasteiger partial charge in [0, 0.05) is 0 Å². The Kier molecular flexibility index (Phi) is 4.50. The summed E-state index contributed by atoms with van der Waals surface area (Å²) in [7, 11) is 0. The molecule has 102 valence electrons. The Morgan fingerprint density at radius 1 is 1.25 bits per heavy atom. The van der Waals surface area contributed by atoms with Gasteiger partial charge in [-0.15, -0.1) is 0 Å². The molecule has 0 aliphatic heterocycles. The van der Waals surface area contributed by atoms with E-state index >= 15 is 0 Å². The number of carbonyl (C=O) groups is 1. The number of carbonyl (C=O) groups excluding carboxylic acids is 1. The van der Waals surface area contributed by atoms with Crippen molar-refractivity contribution in [2.45, 2.75) is 13.8 Å². The highest BCUT2D eigenvalue weighted by Gasteiger charge is 2.09. The summed E-state index contributed by atoms with van der Waals surface area (Å²) >= 11 is 0. The highest BCUT2D eigenvalue weighted by molar-refractivity contribution is 5.95.